The van der Waals surface area contributed by atoms with Crippen molar-refractivity contribution in [1.29, 1.82) is 0 Å². The Bertz CT molecular complexity index is 392. The summed E-state index contributed by atoms with van der Waals surface area (Å²) in [6, 6.07) is 8.02. The molecule has 0 aliphatic carbocycles. The summed E-state index contributed by atoms with van der Waals surface area (Å²) in [6.07, 6.45) is -0.117. The van der Waals surface area contributed by atoms with Gasteiger partial charge in [0.1, 0.15) is 6.17 Å². The van der Waals surface area contributed by atoms with Crippen LogP contribution in [0.25, 0.3) is 0 Å². The summed E-state index contributed by atoms with van der Waals surface area (Å²) in [6.45, 7) is 3.17. The van der Waals surface area contributed by atoms with E-state index in [0.29, 0.717) is 6.54 Å². The van der Waals surface area contributed by atoms with Gasteiger partial charge in [-0.1, -0.05) is 24.3 Å². The molecule has 2 rings (SSSR count). The first-order chi connectivity index (χ1) is 7.74. The van der Waals surface area contributed by atoms with E-state index in [1.807, 2.05) is 25.1 Å². The van der Waals surface area contributed by atoms with Crippen LogP contribution in [0.3, 0.4) is 0 Å². The number of fused-ring (bicyclic) bond motifs is 1. The number of hydrogen-bond acceptors (Lipinski definition) is 2. The zero-order valence-electron chi connectivity index (χ0n) is 9.31. The molecule has 16 heavy (non-hydrogen) atoms. The van der Waals surface area contributed by atoms with Gasteiger partial charge in [0.25, 0.3) is 0 Å². The van der Waals surface area contributed by atoms with Gasteiger partial charge >= 0.3 is 6.09 Å². The Labute approximate surface area is 94.9 Å². The highest BCUT2D eigenvalue weighted by molar-refractivity contribution is 5.66. The minimum Gasteiger partial charge on any atom is -0.465 e. The Morgan fingerprint density at radius 3 is 3.00 bits per heavy atom. The lowest BCUT2D eigenvalue weighted by molar-refractivity contribution is 0.115. The Balaban J connectivity index is 2.34. The molecular weight excluding hydrogens is 204 g/mol. The molecule has 4 heteroatoms. The highest BCUT2D eigenvalue weighted by atomic mass is 16.4. The predicted molar refractivity (Wildman–Crippen MR) is 61.3 cm³/mol. The molecule has 86 valence electrons. The van der Waals surface area contributed by atoms with E-state index in [4.69, 9.17) is 5.11 Å². The lowest BCUT2D eigenvalue weighted by atomic mass is 9.98. The van der Waals surface area contributed by atoms with Crippen LogP contribution in [0.1, 0.15) is 24.2 Å². The minimum atomic E-state index is -0.878. The van der Waals surface area contributed by atoms with Gasteiger partial charge in [-0.25, -0.2) is 4.79 Å². The fraction of sp³-hybridized carbons (Fsp3) is 0.417. The van der Waals surface area contributed by atoms with Crippen molar-refractivity contribution in [3.8, 4) is 0 Å². The number of carbonyl (C=O) groups is 1. The molecule has 0 saturated heterocycles. The van der Waals surface area contributed by atoms with Gasteiger partial charge in [-0.05, 0) is 24.5 Å². The standard InChI is InChI=1S/C12H16N2O2/c1-2-14(12(15)16)11-10-6-4-3-5-9(10)7-8-13-11/h3-6,11,13H,2,7-8H2,1H3,(H,15,16). The number of carboxylic acid groups (broad SMARTS) is 1. The number of nitrogens with zero attached hydrogens (tertiary/aromatic N) is 1. The number of rotatable bonds is 2. The second-order valence-electron chi connectivity index (χ2n) is 3.87. The molecule has 4 nitrogen and oxygen atoms in total. The maximum Gasteiger partial charge on any atom is 0.408 e. The van der Waals surface area contributed by atoms with Gasteiger partial charge in [0.2, 0.25) is 0 Å². The first-order valence-corrected chi connectivity index (χ1v) is 5.54. The quantitative estimate of drug-likeness (QED) is 0.799. The smallest absolute Gasteiger partial charge is 0.408 e. The Hall–Kier alpha value is -1.55. The van der Waals surface area contributed by atoms with E-state index in [2.05, 4.69) is 11.4 Å². The summed E-state index contributed by atoms with van der Waals surface area (Å²) < 4.78 is 0. The fourth-order valence-electron chi connectivity index (χ4n) is 2.19. The molecule has 0 bridgehead atoms. The van der Waals surface area contributed by atoms with Gasteiger partial charge in [-0.3, -0.25) is 10.2 Å². The van der Waals surface area contributed by atoms with E-state index in [-0.39, 0.29) is 6.17 Å². The minimum absolute atomic E-state index is 0.201. The second kappa shape index (κ2) is 4.53. The van der Waals surface area contributed by atoms with Crippen molar-refractivity contribution < 1.29 is 9.90 Å². The van der Waals surface area contributed by atoms with E-state index in [0.717, 1.165) is 18.5 Å². The first-order valence-electron chi connectivity index (χ1n) is 5.54. The monoisotopic (exact) mass is 220 g/mol. The van der Waals surface area contributed by atoms with Crippen LogP contribution in [-0.2, 0) is 6.42 Å². The van der Waals surface area contributed by atoms with Crippen LogP contribution in [0, 0.1) is 0 Å². The summed E-state index contributed by atoms with van der Waals surface area (Å²) >= 11 is 0. The lowest BCUT2D eigenvalue weighted by Gasteiger charge is -2.34. The third-order valence-corrected chi connectivity index (χ3v) is 2.98. The molecule has 1 heterocycles. The summed E-state index contributed by atoms with van der Waals surface area (Å²) in [4.78, 5) is 12.6. The lowest BCUT2D eigenvalue weighted by Crippen LogP contribution is -2.44. The average Bonchev–Trinajstić information content (AvgIpc) is 2.30. The van der Waals surface area contributed by atoms with Crippen LogP contribution in [0.15, 0.2) is 24.3 Å². The normalized spacial score (nSPS) is 18.9. The van der Waals surface area contributed by atoms with Gasteiger partial charge < -0.3 is 5.11 Å². The molecule has 0 radical (unpaired) electrons. The largest absolute Gasteiger partial charge is 0.465 e. The Kier molecular flexibility index (Phi) is 3.10. The predicted octanol–water partition coefficient (Wildman–Crippen LogP) is 1.83. The summed E-state index contributed by atoms with van der Waals surface area (Å²) in [5.41, 5.74) is 2.32. The molecule has 1 aliphatic rings. The number of hydrogen-bond donors (Lipinski definition) is 2. The molecule has 1 unspecified atom stereocenters. The van der Waals surface area contributed by atoms with Crippen LogP contribution < -0.4 is 5.32 Å². The number of nitrogens with one attached hydrogen (secondary N) is 1. The Morgan fingerprint density at radius 2 is 2.31 bits per heavy atom. The summed E-state index contributed by atoms with van der Waals surface area (Å²) in [5.74, 6) is 0. The van der Waals surface area contributed by atoms with Gasteiger partial charge in [0.05, 0.1) is 0 Å². The van der Waals surface area contributed by atoms with Crippen molar-refractivity contribution in [1.82, 2.24) is 10.2 Å². The van der Waals surface area contributed by atoms with Crippen LogP contribution in [0.5, 0.6) is 0 Å². The summed E-state index contributed by atoms with van der Waals surface area (Å²) in [7, 11) is 0. The first kappa shape index (κ1) is 11.0. The molecule has 1 amide bonds. The van der Waals surface area contributed by atoms with Crippen molar-refractivity contribution in [3.63, 3.8) is 0 Å². The highest BCUT2D eigenvalue weighted by Gasteiger charge is 2.27. The summed E-state index contributed by atoms with van der Waals surface area (Å²) in [5, 5.41) is 12.4. The molecule has 2 N–H and O–H groups in total. The van der Waals surface area contributed by atoms with Gasteiger partial charge in [-0.2, -0.15) is 0 Å². The third-order valence-electron chi connectivity index (χ3n) is 2.98. The molecule has 0 aromatic heterocycles. The topological polar surface area (TPSA) is 52.6 Å². The fourth-order valence-corrected chi connectivity index (χ4v) is 2.19. The molecule has 1 aromatic rings. The van der Waals surface area contributed by atoms with Crippen molar-refractivity contribution in [2.45, 2.75) is 19.5 Å². The van der Waals surface area contributed by atoms with Crippen molar-refractivity contribution in [2.24, 2.45) is 0 Å². The van der Waals surface area contributed by atoms with Crippen LogP contribution >= 0.6 is 0 Å². The molecule has 0 saturated carbocycles. The van der Waals surface area contributed by atoms with Crippen LogP contribution in [0.2, 0.25) is 0 Å². The van der Waals surface area contributed by atoms with E-state index in [9.17, 15) is 4.79 Å². The van der Waals surface area contributed by atoms with E-state index >= 15 is 0 Å². The van der Waals surface area contributed by atoms with Gasteiger partial charge in [-0.15, -0.1) is 0 Å². The molecule has 1 atom stereocenters. The molecule has 1 aliphatic heterocycles. The zero-order chi connectivity index (χ0) is 11.5. The van der Waals surface area contributed by atoms with Gasteiger partial charge in [0.15, 0.2) is 0 Å². The molecule has 1 aromatic carbocycles. The van der Waals surface area contributed by atoms with E-state index < -0.39 is 6.09 Å². The van der Waals surface area contributed by atoms with E-state index in [1.165, 1.54) is 10.5 Å². The SMILES string of the molecule is CCN(C(=O)O)C1NCCc2ccccc21. The third kappa shape index (κ3) is 1.88. The Morgan fingerprint density at radius 1 is 1.56 bits per heavy atom. The molecule has 0 spiro atoms. The van der Waals surface area contributed by atoms with Crippen molar-refractivity contribution in [3.05, 3.63) is 35.4 Å². The van der Waals surface area contributed by atoms with Crippen molar-refractivity contribution >= 4 is 6.09 Å². The maximum absolute atomic E-state index is 11.1. The highest BCUT2D eigenvalue weighted by Crippen LogP contribution is 2.25. The number of benzene rings is 1. The average molecular weight is 220 g/mol. The van der Waals surface area contributed by atoms with E-state index in [1.54, 1.807) is 0 Å². The maximum atomic E-state index is 11.1. The van der Waals surface area contributed by atoms with Crippen LogP contribution in [0.4, 0.5) is 4.79 Å². The second-order valence-corrected chi connectivity index (χ2v) is 3.87. The van der Waals surface area contributed by atoms with Crippen LogP contribution in [-0.4, -0.2) is 29.2 Å². The van der Waals surface area contributed by atoms with Gasteiger partial charge in [0, 0.05) is 13.1 Å². The zero-order valence-corrected chi connectivity index (χ0v) is 9.31. The molecule has 0 fully saturated rings. The molecular formula is C12H16N2O2. The van der Waals surface area contributed by atoms with Crippen molar-refractivity contribution in [2.75, 3.05) is 13.1 Å². The number of amides is 1.